The number of imidazole rings is 2. The lowest BCUT2D eigenvalue weighted by Gasteiger charge is -2.32. The van der Waals surface area contributed by atoms with Gasteiger partial charge in [-0.05, 0) is 6.07 Å². The Labute approximate surface area is 255 Å². The Balaban J connectivity index is 1.14. The molecule has 4 aliphatic heterocycles. The Kier molecular flexibility index (Phi) is 6.72. The lowest BCUT2D eigenvalue weighted by Crippen LogP contribution is -2.45. The van der Waals surface area contributed by atoms with E-state index >= 15 is 0 Å². The van der Waals surface area contributed by atoms with Crippen LogP contribution in [0, 0.1) is 0 Å². The molecule has 4 bridgehead atoms. The van der Waals surface area contributed by atoms with Crippen molar-refractivity contribution in [2.75, 3.05) is 31.3 Å². The summed E-state index contributed by atoms with van der Waals surface area (Å²) in [5.74, 6) is -0.268. The molecule has 0 aliphatic carbocycles. The summed E-state index contributed by atoms with van der Waals surface area (Å²) in [6.45, 7) is -1.79. The van der Waals surface area contributed by atoms with Crippen LogP contribution in [0.1, 0.15) is 12.5 Å². The third kappa shape index (κ3) is 4.69. The van der Waals surface area contributed by atoms with Crippen molar-refractivity contribution in [2.24, 2.45) is 0 Å². The largest absolute Gasteiger partial charge is 0.472 e. The number of anilines is 2. The van der Waals surface area contributed by atoms with Gasteiger partial charge in [-0.2, -0.15) is 4.98 Å². The molecule has 0 radical (unpaired) electrons. The first-order valence-corrected chi connectivity index (χ1v) is 16.6. The highest BCUT2D eigenvalue weighted by Gasteiger charge is 2.66. The lowest BCUT2D eigenvalue weighted by atomic mass is 10.0. The van der Waals surface area contributed by atoms with E-state index < -0.39 is 83.0 Å². The number of H-pyrrole nitrogens is 1. The van der Waals surface area contributed by atoms with Crippen LogP contribution in [0.2, 0.25) is 0 Å². The topological polar surface area (TPSA) is 306 Å². The van der Waals surface area contributed by atoms with E-state index in [2.05, 4.69) is 24.9 Å². The molecule has 0 amide bonds. The van der Waals surface area contributed by atoms with Gasteiger partial charge in [0, 0.05) is 6.20 Å². The number of hydrogen-bond donors (Lipinski definition) is 6. The van der Waals surface area contributed by atoms with Crippen LogP contribution in [0.15, 0.2) is 29.7 Å². The number of pyridine rings is 1. The smallest absolute Gasteiger partial charge is 0.397 e. The summed E-state index contributed by atoms with van der Waals surface area (Å²) in [6.07, 6.45) is -5.88. The predicted molar refractivity (Wildman–Crippen MR) is 148 cm³/mol. The summed E-state index contributed by atoms with van der Waals surface area (Å²) in [5.41, 5.74) is 10.0. The number of nitrogens with zero attached hydrogens (tertiary/aromatic N) is 6. The van der Waals surface area contributed by atoms with Gasteiger partial charge in [0.15, 0.2) is 29.3 Å². The molecule has 8 heterocycles. The van der Waals surface area contributed by atoms with Crippen LogP contribution in [-0.2, 0) is 41.4 Å². The summed E-state index contributed by atoms with van der Waals surface area (Å²) in [4.78, 5) is 52.8. The van der Waals surface area contributed by atoms with Crippen LogP contribution in [0.5, 0.6) is 0 Å². The summed E-state index contributed by atoms with van der Waals surface area (Å²) in [6, 6.07) is 1.56. The second-order valence-corrected chi connectivity index (χ2v) is 13.8. The quantitative estimate of drug-likeness (QED) is 0.133. The monoisotopic (exact) mass is 685 g/mol. The predicted octanol–water partition coefficient (Wildman–Crippen LogP) is -1.33. The summed E-state index contributed by atoms with van der Waals surface area (Å²) < 4.78 is 68.9. The van der Waals surface area contributed by atoms with Crippen molar-refractivity contribution in [3.05, 3.63) is 35.3 Å². The normalized spacial score (nSPS) is 39.7. The molecule has 4 saturated heterocycles. The number of hydrogen-bond acceptors (Lipinski definition) is 17. The van der Waals surface area contributed by atoms with Gasteiger partial charge in [-0.25, -0.2) is 24.1 Å². The third-order valence-corrected chi connectivity index (χ3v) is 10.1. The van der Waals surface area contributed by atoms with Crippen LogP contribution >= 0.6 is 15.6 Å². The molecule has 4 aromatic heterocycles. The van der Waals surface area contributed by atoms with E-state index in [0.717, 1.165) is 10.9 Å². The number of phosphoric ester groups is 2. The molecule has 4 fully saturated rings. The Bertz CT molecular complexity index is 2020. The first-order chi connectivity index (χ1) is 21.8. The molecule has 22 nitrogen and oxygen atoms in total. The number of aliphatic hydroxyl groups excluding tert-OH is 1. The van der Waals surface area contributed by atoms with Gasteiger partial charge in [0.25, 0.3) is 5.56 Å². The fourth-order valence-electron chi connectivity index (χ4n) is 6.05. The Morgan fingerprint density at radius 3 is 2.50 bits per heavy atom. The minimum atomic E-state index is -5.10. The van der Waals surface area contributed by atoms with Crippen molar-refractivity contribution >= 4 is 49.6 Å². The minimum Gasteiger partial charge on any atom is -0.397 e. The zero-order valence-corrected chi connectivity index (χ0v) is 24.9. The Morgan fingerprint density at radius 2 is 1.70 bits per heavy atom. The van der Waals surface area contributed by atoms with Gasteiger partial charge in [0.05, 0.1) is 38.2 Å². The van der Waals surface area contributed by atoms with Gasteiger partial charge >= 0.3 is 15.6 Å². The number of phosphoric acid groups is 2. The number of aliphatic hydroxyl groups is 1. The van der Waals surface area contributed by atoms with Crippen molar-refractivity contribution in [2.45, 2.75) is 48.6 Å². The average molecular weight is 685 g/mol. The van der Waals surface area contributed by atoms with Gasteiger partial charge in [-0.15, -0.1) is 0 Å². The molecule has 4 unspecified atom stereocenters. The van der Waals surface area contributed by atoms with Crippen molar-refractivity contribution in [3.8, 4) is 0 Å². The van der Waals surface area contributed by atoms with Gasteiger partial charge in [-0.3, -0.25) is 37.0 Å². The van der Waals surface area contributed by atoms with Crippen molar-refractivity contribution in [1.82, 2.24) is 34.1 Å². The standard InChI is InChI=1S/C22H25N9O13P2/c23-8-1-2-25-16-10(8)26-6-30(16)20-14-15-22(42-20,4-38-14)5-40-46(36,37)43-13-12(32)9(3-39-45(34,35)44-15)41-19(13)31-7-27-11-17(31)28-21(24)29-18(11)33/h1-2,6-7,9,12-15,19-20,32H,3-5H2,(H2,23,25)(H,34,35)(H,36,37)(H3,24,28,29,33)/t9-,12+,13?,14?,15-,19-,20-,22-/m1/s1. The highest BCUT2D eigenvalue weighted by atomic mass is 31.2. The van der Waals surface area contributed by atoms with Crippen molar-refractivity contribution in [3.63, 3.8) is 0 Å². The highest BCUT2D eigenvalue weighted by molar-refractivity contribution is 7.47. The summed E-state index contributed by atoms with van der Waals surface area (Å²) in [7, 11) is -10.1. The van der Waals surface area contributed by atoms with Crippen LogP contribution in [0.4, 0.5) is 11.6 Å². The Hall–Kier alpha value is -3.37. The molecule has 46 heavy (non-hydrogen) atoms. The van der Waals surface area contributed by atoms with Gasteiger partial charge in [0.2, 0.25) is 5.95 Å². The molecule has 4 aliphatic rings. The van der Waals surface area contributed by atoms with E-state index in [1.165, 1.54) is 17.1 Å². The maximum absolute atomic E-state index is 13.4. The number of ether oxygens (including phenoxy) is 3. The Morgan fingerprint density at radius 1 is 0.957 bits per heavy atom. The van der Waals surface area contributed by atoms with Crippen molar-refractivity contribution in [1.29, 1.82) is 0 Å². The van der Waals surface area contributed by atoms with Crippen LogP contribution in [0.3, 0.4) is 0 Å². The van der Waals surface area contributed by atoms with Crippen LogP contribution < -0.4 is 17.0 Å². The van der Waals surface area contributed by atoms with E-state index in [1.807, 2.05) is 0 Å². The number of aromatic nitrogens is 7. The van der Waals surface area contributed by atoms with Gasteiger partial charge < -0.3 is 40.6 Å². The molecular weight excluding hydrogens is 660 g/mol. The van der Waals surface area contributed by atoms with E-state index in [9.17, 15) is 28.8 Å². The number of nitrogens with one attached hydrogen (secondary N) is 1. The molecule has 246 valence electrons. The number of nitrogen functional groups attached to an aromatic ring is 2. The van der Waals surface area contributed by atoms with Gasteiger partial charge in [-0.1, -0.05) is 0 Å². The second kappa shape index (κ2) is 10.3. The molecule has 24 heteroatoms. The molecule has 8 N–H and O–H groups in total. The van der Waals surface area contributed by atoms with Crippen molar-refractivity contribution < 1.29 is 56.3 Å². The van der Waals surface area contributed by atoms with E-state index in [1.54, 1.807) is 6.07 Å². The molecule has 10 atom stereocenters. The number of fused-ring (bicyclic) bond motifs is 4. The minimum absolute atomic E-state index is 0.107. The summed E-state index contributed by atoms with van der Waals surface area (Å²) >= 11 is 0. The van der Waals surface area contributed by atoms with E-state index in [-0.39, 0.29) is 23.7 Å². The summed E-state index contributed by atoms with van der Waals surface area (Å²) in [5, 5.41) is 11.1. The number of rotatable bonds is 2. The molecule has 0 saturated carbocycles. The molecule has 8 rings (SSSR count). The van der Waals surface area contributed by atoms with Gasteiger partial charge in [0.1, 0.15) is 41.6 Å². The maximum Gasteiger partial charge on any atom is 0.472 e. The van der Waals surface area contributed by atoms with Crippen LogP contribution in [-0.4, -0.2) is 105 Å². The fourth-order valence-corrected chi connectivity index (χ4v) is 8.03. The molecule has 0 aromatic carbocycles. The molecular formula is C22H25N9O13P2. The molecule has 4 aromatic rings. The fraction of sp³-hybridized carbons (Fsp3) is 0.500. The molecule has 0 spiro atoms. The number of aromatic amines is 1. The SMILES string of the molecule is Nc1nc2c(ncn2[C@@H]2O[C@@H]3COP(=O)(O)O[C@@H]4C5OC[C@]4(COP(=O)(O)OC2[C@H]3O)O[C@H]5n2cnc3c(N)ccnc32)c(=O)[nH]1. The van der Waals surface area contributed by atoms with E-state index in [0.29, 0.717) is 16.9 Å². The third-order valence-electron chi connectivity index (χ3n) is 8.15. The van der Waals surface area contributed by atoms with E-state index in [4.69, 9.17) is 43.8 Å². The second-order valence-electron chi connectivity index (χ2n) is 11.0. The first-order valence-electron chi connectivity index (χ1n) is 13.6. The zero-order valence-electron chi connectivity index (χ0n) is 23.1. The maximum atomic E-state index is 13.4. The first kappa shape index (κ1) is 30.0. The zero-order chi connectivity index (χ0) is 32.2. The number of nitrogens with two attached hydrogens (primary N) is 2. The van der Waals surface area contributed by atoms with Crippen LogP contribution in [0.25, 0.3) is 22.3 Å². The highest BCUT2D eigenvalue weighted by Crippen LogP contribution is 2.58. The average Bonchev–Trinajstić information content (AvgIpc) is 3.80. The lowest BCUT2D eigenvalue weighted by molar-refractivity contribution is -0.184.